The van der Waals surface area contributed by atoms with E-state index < -0.39 is 5.97 Å². The van der Waals surface area contributed by atoms with Gasteiger partial charge in [0.05, 0.1) is 19.0 Å². The number of halogens is 1. The van der Waals surface area contributed by atoms with Gasteiger partial charge in [0.2, 0.25) is 5.88 Å². The molecule has 36 heavy (non-hydrogen) atoms. The smallest absolute Gasteiger partial charge is 0.342 e. The molecule has 0 fully saturated rings. The predicted octanol–water partition coefficient (Wildman–Crippen LogP) is 4.31. The number of hydrogen-bond acceptors (Lipinski definition) is 6. The van der Waals surface area contributed by atoms with Crippen molar-refractivity contribution >= 4 is 5.97 Å². The molecular formula is C27H25FN4O4. The number of nitrogens with one attached hydrogen (secondary N) is 1. The Hall–Kier alpha value is -4.24. The van der Waals surface area contributed by atoms with E-state index in [-0.39, 0.29) is 23.9 Å². The summed E-state index contributed by atoms with van der Waals surface area (Å²) >= 11 is 0. The van der Waals surface area contributed by atoms with E-state index in [1.165, 1.54) is 24.1 Å². The van der Waals surface area contributed by atoms with Crippen LogP contribution in [0, 0.1) is 12.7 Å². The summed E-state index contributed by atoms with van der Waals surface area (Å²) in [5.41, 5.74) is 4.73. The van der Waals surface area contributed by atoms with Gasteiger partial charge >= 0.3 is 5.97 Å². The maximum absolute atomic E-state index is 14.6. The first-order valence-electron chi connectivity index (χ1n) is 11.5. The number of rotatable bonds is 7. The number of fused-ring (bicyclic) bond motifs is 1. The molecule has 0 radical (unpaired) electrons. The Balaban J connectivity index is 1.47. The summed E-state index contributed by atoms with van der Waals surface area (Å²) in [7, 11) is 1.39. The molecule has 8 nitrogen and oxygen atoms in total. The zero-order valence-corrected chi connectivity index (χ0v) is 19.9. The number of carboxylic acids is 1. The third-order valence-corrected chi connectivity index (χ3v) is 6.19. The van der Waals surface area contributed by atoms with Crippen molar-refractivity contribution in [2.75, 3.05) is 13.7 Å². The van der Waals surface area contributed by atoms with E-state index in [9.17, 15) is 14.3 Å². The maximum atomic E-state index is 14.6. The quantitative estimate of drug-likeness (QED) is 0.400. The lowest BCUT2D eigenvalue weighted by atomic mass is 9.98. The number of methoxy groups -OCH3 is 1. The second kappa shape index (κ2) is 9.79. The lowest BCUT2D eigenvalue weighted by Crippen LogP contribution is -2.25. The number of carbonyl (C=O) groups is 1. The molecule has 2 N–H and O–H groups in total. The highest BCUT2D eigenvalue weighted by Gasteiger charge is 2.20. The van der Waals surface area contributed by atoms with E-state index in [0.717, 1.165) is 40.8 Å². The molecule has 0 saturated heterocycles. The van der Waals surface area contributed by atoms with Crippen LogP contribution in [0.5, 0.6) is 11.6 Å². The van der Waals surface area contributed by atoms with Crippen molar-refractivity contribution in [3.63, 3.8) is 0 Å². The van der Waals surface area contributed by atoms with Gasteiger partial charge in [0.25, 0.3) is 0 Å². The molecule has 5 rings (SSSR count). The topological polar surface area (TPSA) is 98.5 Å². The minimum absolute atomic E-state index is 0.0580. The van der Waals surface area contributed by atoms with Crippen molar-refractivity contribution in [1.29, 1.82) is 0 Å². The average Bonchev–Trinajstić information content (AvgIpc) is 3.33. The lowest BCUT2D eigenvalue weighted by Gasteiger charge is -2.20. The maximum Gasteiger partial charge on any atom is 0.342 e. The summed E-state index contributed by atoms with van der Waals surface area (Å²) in [6, 6.07) is 14.7. The van der Waals surface area contributed by atoms with Crippen molar-refractivity contribution in [3.8, 4) is 28.7 Å². The number of ether oxygens (including phenoxy) is 2. The first-order valence-corrected chi connectivity index (χ1v) is 11.5. The molecule has 1 aliphatic rings. The van der Waals surface area contributed by atoms with Crippen molar-refractivity contribution in [2.45, 2.75) is 26.5 Å². The lowest BCUT2D eigenvalue weighted by molar-refractivity contribution is 0.0693. The average molecular weight is 489 g/mol. The van der Waals surface area contributed by atoms with Crippen LogP contribution in [0.4, 0.5) is 4.39 Å². The number of benzene rings is 2. The van der Waals surface area contributed by atoms with Crippen LogP contribution in [0.3, 0.4) is 0 Å². The molecule has 1 aliphatic heterocycles. The summed E-state index contributed by atoms with van der Waals surface area (Å²) < 4.78 is 27.5. The van der Waals surface area contributed by atoms with Crippen molar-refractivity contribution in [1.82, 2.24) is 20.1 Å². The number of para-hydroxylation sites is 1. The van der Waals surface area contributed by atoms with E-state index in [2.05, 4.69) is 10.4 Å². The van der Waals surface area contributed by atoms with Crippen molar-refractivity contribution in [3.05, 3.63) is 88.4 Å². The fraction of sp³-hybridized carbons (Fsp3) is 0.222. The fourth-order valence-corrected chi connectivity index (χ4v) is 4.43. The molecule has 0 spiro atoms. The molecule has 0 amide bonds. The third-order valence-electron chi connectivity index (χ3n) is 6.19. The predicted molar refractivity (Wildman–Crippen MR) is 131 cm³/mol. The fourth-order valence-electron chi connectivity index (χ4n) is 4.43. The van der Waals surface area contributed by atoms with Gasteiger partial charge in [0, 0.05) is 17.7 Å². The summed E-state index contributed by atoms with van der Waals surface area (Å²) in [5.74, 6) is -0.238. The summed E-state index contributed by atoms with van der Waals surface area (Å²) in [5, 5.41) is 16.7. The van der Waals surface area contributed by atoms with Gasteiger partial charge in [-0.25, -0.2) is 14.2 Å². The normalized spacial score (nSPS) is 12.8. The molecule has 0 bridgehead atoms. The number of aromatic carboxylic acids is 1. The molecule has 0 saturated carbocycles. The Morgan fingerprint density at radius 3 is 2.86 bits per heavy atom. The van der Waals surface area contributed by atoms with Crippen LogP contribution in [0.15, 0.2) is 54.7 Å². The Kier molecular flexibility index (Phi) is 6.39. The van der Waals surface area contributed by atoms with E-state index in [0.29, 0.717) is 23.8 Å². The summed E-state index contributed by atoms with van der Waals surface area (Å²) in [6.45, 7) is 3.53. The largest absolute Gasteiger partial charge is 0.488 e. The first kappa shape index (κ1) is 23.5. The number of pyridine rings is 1. The van der Waals surface area contributed by atoms with E-state index in [1.807, 2.05) is 37.3 Å². The van der Waals surface area contributed by atoms with Gasteiger partial charge in [-0.1, -0.05) is 24.3 Å². The summed E-state index contributed by atoms with van der Waals surface area (Å²) in [6.07, 6.45) is 2.01. The SMILES string of the molecule is COc1c(C(=O)O)cnn1-c1cccc(-c2cccc(C)c2OCc2cc(F)c3c(c2)CCNC3)n1. The van der Waals surface area contributed by atoms with Gasteiger partial charge in [-0.3, -0.25) is 0 Å². The van der Waals surface area contributed by atoms with Crippen LogP contribution in [-0.4, -0.2) is 39.5 Å². The Labute approximate surface area is 207 Å². The van der Waals surface area contributed by atoms with E-state index in [4.69, 9.17) is 14.5 Å². The molecule has 184 valence electrons. The van der Waals surface area contributed by atoms with Crippen LogP contribution in [0.25, 0.3) is 17.1 Å². The Morgan fingerprint density at radius 2 is 2.06 bits per heavy atom. The second-order valence-electron chi connectivity index (χ2n) is 8.55. The van der Waals surface area contributed by atoms with Gasteiger partial charge in [0.1, 0.15) is 23.7 Å². The van der Waals surface area contributed by atoms with Gasteiger partial charge in [0.15, 0.2) is 5.82 Å². The zero-order chi connectivity index (χ0) is 25.2. The Morgan fingerprint density at radius 1 is 1.22 bits per heavy atom. The van der Waals surface area contributed by atoms with Gasteiger partial charge < -0.3 is 19.9 Å². The van der Waals surface area contributed by atoms with Crippen LogP contribution >= 0.6 is 0 Å². The summed E-state index contributed by atoms with van der Waals surface area (Å²) in [4.78, 5) is 16.2. The Bertz CT molecular complexity index is 1450. The number of aryl methyl sites for hydroxylation is 1. The minimum atomic E-state index is -1.14. The number of aromatic nitrogens is 3. The van der Waals surface area contributed by atoms with Gasteiger partial charge in [-0.2, -0.15) is 9.78 Å². The zero-order valence-electron chi connectivity index (χ0n) is 19.9. The number of hydrogen-bond donors (Lipinski definition) is 2. The monoisotopic (exact) mass is 488 g/mol. The van der Waals surface area contributed by atoms with Gasteiger partial charge in [-0.05, 0) is 60.8 Å². The highest BCUT2D eigenvalue weighted by atomic mass is 19.1. The molecule has 4 aromatic rings. The van der Waals surface area contributed by atoms with Crippen LogP contribution in [-0.2, 0) is 19.6 Å². The van der Waals surface area contributed by atoms with Crippen LogP contribution < -0.4 is 14.8 Å². The van der Waals surface area contributed by atoms with Crippen LogP contribution in [0.2, 0.25) is 0 Å². The van der Waals surface area contributed by atoms with E-state index >= 15 is 0 Å². The first-order chi connectivity index (χ1) is 17.5. The molecule has 2 aromatic carbocycles. The number of carboxylic acid groups (broad SMARTS) is 1. The van der Waals surface area contributed by atoms with Crippen LogP contribution in [0.1, 0.15) is 32.6 Å². The van der Waals surface area contributed by atoms with Crippen molar-refractivity contribution < 1.29 is 23.8 Å². The second-order valence-corrected chi connectivity index (χ2v) is 8.55. The highest BCUT2D eigenvalue weighted by Crippen LogP contribution is 2.34. The van der Waals surface area contributed by atoms with Crippen molar-refractivity contribution in [2.24, 2.45) is 0 Å². The minimum Gasteiger partial charge on any atom is -0.488 e. The molecular weight excluding hydrogens is 463 g/mol. The van der Waals surface area contributed by atoms with E-state index in [1.54, 1.807) is 12.1 Å². The molecule has 0 unspecified atom stereocenters. The molecule has 3 heterocycles. The molecule has 0 atom stereocenters. The third kappa shape index (κ3) is 4.40. The standard InChI is InChI=1S/C27H25FN4O4/c1-16-5-3-6-19(25(16)36-15-17-11-18-9-10-29-13-20(18)22(28)12-17)23-7-4-8-24(31-23)32-26(35-2)21(14-30-32)27(33)34/h3-8,11-12,14,29H,9-10,13,15H2,1-2H3,(H,33,34). The highest BCUT2D eigenvalue weighted by molar-refractivity contribution is 5.90. The van der Waals surface area contributed by atoms with Gasteiger partial charge in [-0.15, -0.1) is 0 Å². The molecule has 0 aliphatic carbocycles. The molecule has 9 heteroatoms. The molecule has 2 aromatic heterocycles. The number of nitrogens with zero attached hydrogens (tertiary/aromatic N) is 3.